The molecule has 0 amide bonds. The Kier molecular flexibility index (Phi) is 10.6. The van der Waals surface area contributed by atoms with Crippen LogP contribution in [0.3, 0.4) is 0 Å². The minimum absolute atomic E-state index is 0.664. The summed E-state index contributed by atoms with van der Waals surface area (Å²) in [6, 6.07) is -1.12. The molecule has 0 rings (SSSR count). The molecule has 0 fully saturated rings. The van der Waals surface area contributed by atoms with Gasteiger partial charge in [-0.2, -0.15) is 0 Å². The first-order chi connectivity index (χ1) is 18.3. The van der Waals surface area contributed by atoms with Gasteiger partial charge in [-0.25, -0.2) is 0 Å². The van der Waals surface area contributed by atoms with Crippen LogP contribution < -0.4 is 10.6 Å². The Morgan fingerprint density at radius 1 is 1.03 bits per heavy atom. The summed E-state index contributed by atoms with van der Waals surface area (Å²) in [7, 11) is -5.12. The zero-order valence-corrected chi connectivity index (χ0v) is 19.9. The maximum Gasteiger partial charge on any atom is 0.268 e. The summed E-state index contributed by atoms with van der Waals surface area (Å²) < 4.78 is 86.6. The second-order valence-electron chi connectivity index (χ2n) is 8.02. The number of phosphoric ester groups is 1. The summed E-state index contributed by atoms with van der Waals surface area (Å²) in [5.74, 6) is 0. The fraction of sp³-hybridized carbons (Fsp3) is 0.913. The smallest absolute Gasteiger partial charge is 0.268 e. The molecule has 0 radical (unpaired) electrons. The van der Waals surface area contributed by atoms with E-state index in [9.17, 15) is 14.6 Å². The van der Waals surface area contributed by atoms with E-state index >= 15 is 0 Å². The molecular formula is C23H49N2O5P. The predicted molar refractivity (Wildman–Crippen MR) is 127 cm³/mol. The van der Waals surface area contributed by atoms with Crippen molar-refractivity contribution in [1.82, 2.24) is 0 Å². The lowest BCUT2D eigenvalue weighted by Crippen LogP contribution is -2.39. The van der Waals surface area contributed by atoms with E-state index in [4.69, 9.17) is 18.1 Å². The van der Waals surface area contributed by atoms with Crippen molar-refractivity contribution in [2.45, 2.75) is 96.1 Å². The summed E-state index contributed by atoms with van der Waals surface area (Å²) in [5, 5.41) is 10.1. The number of likely N-dealkylation sites (N-methyl/N-ethyl adjacent to an activating group) is 1. The molecule has 3 atom stereocenters. The Balaban J connectivity index is 4.45. The minimum Gasteiger partial charge on any atom is -0.756 e. The van der Waals surface area contributed by atoms with E-state index in [1.54, 1.807) is 6.08 Å². The van der Waals surface area contributed by atoms with Gasteiger partial charge in [-0.05, 0) is 12.8 Å². The first kappa shape index (κ1) is 18.1. The van der Waals surface area contributed by atoms with Gasteiger partial charge in [0.1, 0.15) is 13.2 Å². The lowest BCUT2D eigenvalue weighted by atomic mass is 10.0. The molecule has 0 aliphatic rings. The number of aliphatic hydroxyl groups is 1. The van der Waals surface area contributed by atoms with Crippen molar-refractivity contribution in [1.29, 1.82) is 0 Å². The molecule has 0 saturated carbocycles. The monoisotopic (exact) mass is 473 g/mol. The van der Waals surface area contributed by atoms with E-state index in [0.717, 1.165) is 25.7 Å². The van der Waals surface area contributed by atoms with Crippen LogP contribution in [0.5, 0.6) is 0 Å². The Bertz CT molecular complexity index is 728. The maximum absolute atomic E-state index is 12.1. The van der Waals surface area contributed by atoms with Crippen molar-refractivity contribution in [3.63, 3.8) is 0 Å². The van der Waals surface area contributed by atoms with Crippen LogP contribution in [0.15, 0.2) is 12.2 Å². The molecule has 0 aromatic rings. The molecule has 0 spiro atoms. The molecule has 7 nitrogen and oxygen atoms in total. The summed E-state index contributed by atoms with van der Waals surface area (Å²) in [4.78, 5) is 12.1. The van der Waals surface area contributed by atoms with Crippen LogP contribution in [0.2, 0.25) is 0 Å². The van der Waals surface area contributed by atoms with Gasteiger partial charge in [0.05, 0.1) is 52.0 Å². The summed E-state index contributed by atoms with van der Waals surface area (Å²) in [6.07, 6.45) is 16.2. The van der Waals surface area contributed by atoms with Crippen LogP contribution in [0.1, 0.15) is 96.3 Å². The molecule has 0 heterocycles. The standard InChI is InChI=1S/C23H49N2O5P/c1-5-6-7-8-9-10-11-12-13-14-15-16-17-18-23(26)22(24)21-30-31(27,28)29-20-19-25(2,3)4/h17-18,22-23,26H,5-16,19-21,24H2,1-4H3/b18-17+/t22-,23+/m0/s1/i2D3,3D3,4D3. The topological polar surface area (TPSA) is 105 Å². The quantitative estimate of drug-likeness (QED) is 0.112. The number of hydrogen-bond donors (Lipinski definition) is 2. The third kappa shape index (κ3) is 21.3. The van der Waals surface area contributed by atoms with Crippen LogP contribution >= 0.6 is 7.82 Å². The van der Waals surface area contributed by atoms with Gasteiger partial charge in [0.25, 0.3) is 7.82 Å². The summed E-state index contributed by atoms with van der Waals surface area (Å²) in [6.45, 7) is -11.3. The second kappa shape index (κ2) is 18.2. The van der Waals surface area contributed by atoms with Gasteiger partial charge in [0, 0.05) is 0 Å². The fourth-order valence-corrected chi connectivity index (χ4v) is 3.64. The van der Waals surface area contributed by atoms with E-state index in [0.29, 0.717) is 0 Å². The van der Waals surface area contributed by atoms with E-state index in [1.165, 1.54) is 57.4 Å². The van der Waals surface area contributed by atoms with Crippen molar-refractivity contribution in [3.05, 3.63) is 12.2 Å². The zero-order valence-electron chi connectivity index (χ0n) is 28.0. The molecule has 0 bridgehead atoms. The average molecular weight is 474 g/mol. The van der Waals surface area contributed by atoms with Crippen LogP contribution in [0.25, 0.3) is 0 Å². The maximum atomic E-state index is 12.1. The van der Waals surface area contributed by atoms with Crippen molar-refractivity contribution in [2.75, 3.05) is 40.7 Å². The van der Waals surface area contributed by atoms with E-state index in [2.05, 4.69) is 16.0 Å². The highest BCUT2D eigenvalue weighted by atomic mass is 31.2. The number of unbranched alkanes of at least 4 members (excludes halogenated alkanes) is 11. The number of quaternary nitrogens is 1. The Labute approximate surface area is 203 Å². The Hall–Kier alpha value is -0.270. The predicted octanol–water partition coefficient (Wildman–Crippen LogP) is 4.14. The number of nitrogens with zero attached hydrogens (tertiary/aromatic N) is 1. The normalized spacial score (nSPS) is 22.0. The number of nitrogens with two attached hydrogens (primary N) is 1. The van der Waals surface area contributed by atoms with Crippen molar-refractivity contribution in [2.24, 2.45) is 5.73 Å². The molecule has 0 aromatic carbocycles. The highest BCUT2D eigenvalue weighted by Gasteiger charge is 2.18. The average Bonchev–Trinajstić information content (AvgIpc) is 2.80. The van der Waals surface area contributed by atoms with Gasteiger partial charge in [-0.3, -0.25) is 4.57 Å². The van der Waals surface area contributed by atoms with Gasteiger partial charge in [0.2, 0.25) is 0 Å². The minimum atomic E-state index is -5.12. The Morgan fingerprint density at radius 2 is 1.58 bits per heavy atom. The highest BCUT2D eigenvalue weighted by Crippen LogP contribution is 2.38. The van der Waals surface area contributed by atoms with E-state index < -0.39 is 65.1 Å². The molecule has 0 saturated heterocycles. The van der Waals surface area contributed by atoms with E-state index in [-0.39, 0.29) is 0 Å². The van der Waals surface area contributed by atoms with Crippen LogP contribution in [0.4, 0.5) is 0 Å². The third-order valence-corrected chi connectivity index (χ3v) is 5.81. The second-order valence-corrected chi connectivity index (χ2v) is 9.43. The van der Waals surface area contributed by atoms with Crippen molar-refractivity contribution < 1.29 is 40.4 Å². The molecule has 1 unspecified atom stereocenters. The SMILES string of the molecule is [2H]C([2H])([2H])[N+](CCOP(=O)([O-])OC[C@H](N)[C@H](O)/C=C/CCCCCCCCCCCCC)(C([2H])([2H])[2H])C([2H])([2H])[2H]. The lowest BCUT2D eigenvalue weighted by Gasteiger charge is -2.28. The number of aliphatic hydroxyl groups excluding tert-OH is 1. The first-order valence-corrected chi connectivity index (χ1v) is 12.9. The fourth-order valence-electron chi connectivity index (χ4n) is 2.91. The van der Waals surface area contributed by atoms with Gasteiger partial charge in [0.15, 0.2) is 0 Å². The lowest BCUT2D eigenvalue weighted by molar-refractivity contribution is -0.870. The number of hydrogen-bond acceptors (Lipinski definition) is 6. The third-order valence-electron chi connectivity index (χ3n) is 4.85. The molecule has 8 heteroatoms. The van der Waals surface area contributed by atoms with Gasteiger partial charge in [-0.15, -0.1) is 0 Å². The number of allylic oxidation sites excluding steroid dienone is 1. The summed E-state index contributed by atoms with van der Waals surface area (Å²) in [5.41, 5.74) is 5.77. The van der Waals surface area contributed by atoms with E-state index in [1.807, 2.05) is 0 Å². The molecule has 0 aliphatic carbocycles. The van der Waals surface area contributed by atoms with Crippen molar-refractivity contribution in [3.8, 4) is 0 Å². The van der Waals surface area contributed by atoms with Gasteiger partial charge in [-0.1, -0.05) is 83.3 Å². The van der Waals surface area contributed by atoms with Crippen LogP contribution in [0, 0.1) is 0 Å². The molecule has 0 aliphatic heterocycles. The molecular weight excluding hydrogens is 415 g/mol. The van der Waals surface area contributed by atoms with Crippen molar-refractivity contribution >= 4 is 7.82 Å². The van der Waals surface area contributed by atoms with Crippen LogP contribution in [-0.2, 0) is 13.6 Å². The highest BCUT2D eigenvalue weighted by molar-refractivity contribution is 7.45. The number of phosphoric acid groups is 1. The van der Waals surface area contributed by atoms with Crippen LogP contribution in [-0.4, -0.2) is 62.4 Å². The largest absolute Gasteiger partial charge is 0.756 e. The van der Waals surface area contributed by atoms with Gasteiger partial charge < -0.3 is 29.3 Å². The molecule has 0 aromatic heterocycles. The Morgan fingerprint density at radius 3 is 2.13 bits per heavy atom. The number of rotatable bonds is 21. The summed E-state index contributed by atoms with van der Waals surface area (Å²) >= 11 is 0. The first-order valence-electron chi connectivity index (χ1n) is 15.9. The molecule has 186 valence electrons. The van der Waals surface area contributed by atoms with Gasteiger partial charge >= 0.3 is 0 Å². The zero-order chi connectivity index (χ0) is 31.1. The molecule has 31 heavy (non-hydrogen) atoms. The molecule has 3 N–H and O–H groups in total.